The van der Waals surface area contributed by atoms with Gasteiger partial charge in [-0.05, 0) is 49.2 Å². The molecule has 0 aromatic heterocycles. The molecule has 0 bridgehead atoms. The maximum Gasteiger partial charge on any atom is 0.254 e. The Balaban J connectivity index is 2.20. The molecular weight excluding hydrogens is 333 g/mol. The molecule has 21 heavy (non-hydrogen) atoms. The molecule has 2 aromatic carbocycles. The third-order valence-corrected chi connectivity index (χ3v) is 4.20. The molecule has 0 fully saturated rings. The molecule has 0 aliphatic heterocycles. The highest BCUT2D eigenvalue weighted by atomic mass is 79.9. The van der Waals surface area contributed by atoms with Gasteiger partial charge in [-0.15, -0.1) is 0 Å². The van der Waals surface area contributed by atoms with E-state index in [0.717, 1.165) is 15.6 Å². The van der Waals surface area contributed by atoms with E-state index in [1.807, 2.05) is 38.1 Å². The van der Waals surface area contributed by atoms with Crippen LogP contribution in [0.15, 0.2) is 46.9 Å². The van der Waals surface area contributed by atoms with Crippen molar-refractivity contribution >= 4 is 21.8 Å². The van der Waals surface area contributed by atoms with E-state index in [1.165, 1.54) is 12.1 Å². The average Bonchev–Trinajstić information content (AvgIpc) is 2.47. The summed E-state index contributed by atoms with van der Waals surface area (Å²) in [7, 11) is 0. The van der Waals surface area contributed by atoms with Crippen LogP contribution in [0.5, 0.6) is 0 Å². The first kappa shape index (κ1) is 15.7. The summed E-state index contributed by atoms with van der Waals surface area (Å²) in [6.07, 6.45) is 0. The van der Waals surface area contributed by atoms with E-state index in [-0.39, 0.29) is 11.7 Å². The quantitative estimate of drug-likeness (QED) is 0.792. The average molecular weight is 350 g/mol. The van der Waals surface area contributed by atoms with Crippen LogP contribution in [-0.2, 0) is 6.54 Å². The van der Waals surface area contributed by atoms with Crippen LogP contribution >= 0.6 is 15.9 Å². The minimum absolute atomic E-state index is 0.0533. The van der Waals surface area contributed by atoms with Gasteiger partial charge in [0.2, 0.25) is 0 Å². The third-order valence-electron chi connectivity index (χ3n) is 3.35. The van der Waals surface area contributed by atoms with Gasteiger partial charge in [0.05, 0.1) is 0 Å². The zero-order chi connectivity index (χ0) is 15.4. The molecule has 2 aromatic rings. The minimum Gasteiger partial charge on any atom is -0.335 e. The third kappa shape index (κ3) is 3.91. The molecule has 0 saturated carbocycles. The Bertz CT molecular complexity index is 657. The number of nitrogens with zero attached hydrogens (tertiary/aromatic N) is 1. The molecule has 0 unspecified atom stereocenters. The van der Waals surface area contributed by atoms with Gasteiger partial charge in [-0.1, -0.05) is 34.1 Å². The molecule has 4 heteroatoms. The Morgan fingerprint density at radius 2 is 2.00 bits per heavy atom. The summed E-state index contributed by atoms with van der Waals surface area (Å²) < 4.78 is 14.1. The van der Waals surface area contributed by atoms with E-state index in [0.29, 0.717) is 18.7 Å². The maximum absolute atomic E-state index is 13.2. The first-order chi connectivity index (χ1) is 10.0. The monoisotopic (exact) mass is 349 g/mol. The predicted octanol–water partition coefficient (Wildman–Crippen LogP) is 4.56. The molecule has 0 aliphatic rings. The summed E-state index contributed by atoms with van der Waals surface area (Å²) in [6, 6.07) is 11.9. The lowest BCUT2D eigenvalue weighted by atomic mass is 10.1. The Morgan fingerprint density at radius 1 is 1.24 bits per heavy atom. The Kier molecular flexibility index (Phi) is 5.12. The number of amides is 1. The lowest BCUT2D eigenvalue weighted by Crippen LogP contribution is -2.30. The molecule has 110 valence electrons. The van der Waals surface area contributed by atoms with Crippen LogP contribution in [0.2, 0.25) is 0 Å². The number of aryl methyl sites for hydroxylation is 1. The zero-order valence-corrected chi connectivity index (χ0v) is 13.7. The van der Waals surface area contributed by atoms with E-state index >= 15 is 0 Å². The highest BCUT2D eigenvalue weighted by Gasteiger charge is 2.15. The van der Waals surface area contributed by atoms with E-state index in [1.54, 1.807) is 11.0 Å². The van der Waals surface area contributed by atoms with Crippen LogP contribution in [-0.4, -0.2) is 17.4 Å². The Hall–Kier alpha value is -1.68. The normalized spacial score (nSPS) is 10.5. The molecule has 2 rings (SSSR count). The van der Waals surface area contributed by atoms with Crippen molar-refractivity contribution in [2.24, 2.45) is 0 Å². The molecule has 2 nitrogen and oxygen atoms in total. The number of rotatable bonds is 4. The second-order valence-electron chi connectivity index (χ2n) is 4.91. The second kappa shape index (κ2) is 6.85. The maximum atomic E-state index is 13.2. The Morgan fingerprint density at radius 3 is 2.62 bits per heavy atom. The molecule has 0 atom stereocenters. The topological polar surface area (TPSA) is 20.3 Å². The molecule has 0 saturated heterocycles. The van der Waals surface area contributed by atoms with E-state index < -0.39 is 0 Å². The highest BCUT2D eigenvalue weighted by molar-refractivity contribution is 9.10. The van der Waals surface area contributed by atoms with Gasteiger partial charge in [-0.2, -0.15) is 0 Å². The molecular formula is C17H17BrFNO. The first-order valence-corrected chi connectivity index (χ1v) is 7.60. The fourth-order valence-electron chi connectivity index (χ4n) is 2.09. The first-order valence-electron chi connectivity index (χ1n) is 6.81. The smallest absolute Gasteiger partial charge is 0.254 e. The highest BCUT2D eigenvalue weighted by Crippen LogP contribution is 2.19. The minimum atomic E-state index is -0.283. The van der Waals surface area contributed by atoms with Crippen molar-refractivity contribution in [3.63, 3.8) is 0 Å². The SMILES string of the molecule is CCN(Cc1cccc(F)c1)C(=O)c1ccc(C)c(Br)c1. The second-order valence-corrected chi connectivity index (χ2v) is 5.77. The van der Waals surface area contributed by atoms with Crippen molar-refractivity contribution in [2.45, 2.75) is 20.4 Å². The van der Waals surface area contributed by atoms with Crippen LogP contribution in [0.4, 0.5) is 4.39 Å². The molecule has 0 aliphatic carbocycles. The molecule has 0 N–H and O–H groups in total. The lowest BCUT2D eigenvalue weighted by molar-refractivity contribution is 0.0752. The fourth-order valence-corrected chi connectivity index (χ4v) is 2.47. The standard InChI is InChI=1S/C17H17BrFNO/c1-3-20(11-13-5-4-6-15(19)9-13)17(21)14-8-7-12(2)16(18)10-14/h4-10H,3,11H2,1-2H3. The number of carbonyl (C=O) groups is 1. The molecule has 1 amide bonds. The van der Waals surface area contributed by atoms with Crippen LogP contribution in [0.25, 0.3) is 0 Å². The van der Waals surface area contributed by atoms with Gasteiger partial charge < -0.3 is 4.90 Å². The number of benzene rings is 2. The summed E-state index contributed by atoms with van der Waals surface area (Å²) in [4.78, 5) is 14.2. The van der Waals surface area contributed by atoms with E-state index in [2.05, 4.69) is 15.9 Å². The molecule has 0 heterocycles. The fraction of sp³-hybridized carbons (Fsp3) is 0.235. The van der Waals surface area contributed by atoms with E-state index in [4.69, 9.17) is 0 Å². The van der Waals surface area contributed by atoms with Gasteiger partial charge in [0, 0.05) is 23.1 Å². The van der Waals surface area contributed by atoms with Gasteiger partial charge >= 0.3 is 0 Å². The van der Waals surface area contributed by atoms with Gasteiger partial charge in [-0.25, -0.2) is 4.39 Å². The van der Waals surface area contributed by atoms with Crippen molar-refractivity contribution < 1.29 is 9.18 Å². The zero-order valence-electron chi connectivity index (χ0n) is 12.1. The number of carbonyl (C=O) groups excluding carboxylic acids is 1. The summed E-state index contributed by atoms with van der Waals surface area (Å²) >= 11 is 3.44. The van der Waals surface area contributed by atoms with E-state index in [9.17, 15) is 9.18 Å². The number of halogens is 2. The lowest BCUT2D eigenvalue weighted by Gasteiger charge is -2.21. The van der Waals surface area contributed by atoms with Crippen molar-refractivity contribution in [1.82, 2.24) is 4.90 Å². The van der Waals surface area contributed by atoms with Crippen molar-refractivity contribution in [2.75, 3.05) is 6.54 Å². The summed E-state index contributed by atoms with van der Waals surface area (Å²) in [6.45, 7) is 4.86. The largest absolute Gasteiger partial charge is 0.335 e. The van der Waals surface area contributed by atoms with Crippen LogP contribution in [0, 0.1) is 12.7 Å². The van der Waals surface area contributed by atoms with Gasteiger partial charge in [0.15, 0.2) is 0 Å². The Labute approximate surface area is 132 Å². The van der Waals surface area contributed by atoms with Crippen LogP contribution in [0.1, 0.15) is 28.4 Å². The predicted molar refractivity (Wildman–Crippen MR) is 85.7 cm³/mol. The summed E-state index contributed by atoms with van der Waals surface area (Å²) in [5, 5.41) is 0. The van der Waals surface area contributed by atoms with Gasteiger partial charge in [0.1, 0.15) is 5.82 Å². The van der Waals surface area contributed by atoms with Crippen molar-refractivity contribution in [1.29, 1.82) is 0 Å². The number of hydrogen-bond donors (Lipinski definition) is 0. The van der Waals surface area contributed by atoms with Crippen molar-refractivity contribution in [3.8, 4) is 0 Å². The van der Waals surface area contributed by atoms with Crippen molar-refractivity contribution in [3.05, 3.63) is 69.4 Å². The van der Waals surface area contributed by atoms with Crippen LogP contribution in [0.3, 0.4) is 0 Å². The summed E-state index contributed by atoms with van der Waals surface area (Å²) in [5.74, 6) is -0.337. The number of hydrogen-bond acceptors (Lipinski definition) is 1. The van der Waals surface area contributed by atoms with Crippen LogP contribution < -0.4 is 0 Å². The summed E-state index contributed by atoms with van der Waals surface area (Å²) in [5.41, 5.74) is 2.50. The van der Waals surface area contributed by atoms with Gasteiger partial charge in [-0.3, -0.25) is 4.79 Å². The van der Waals surface area contributed by atoms with Gasteiger partial charge in [0.25, 0.3) is 5.91 Å². The molecule has 0 spiro atoms. The molecule has 0 radical (unpaired) electrons.